The van der Waals surface area contributed by atoms with Crippen molar-refractivity contribution in [1.29, 1.82) is 0 Å². The van der Waals surface area contributed by atoms with E-state index in [0.717, 1.165) is 90.4 Å². The van der Waals surface area contributed by atoms with Gasteiger partial charge in [-0.2, -0.15) is 0 Å². The average molecular weight is 607 g/mol. The van der Waals surface area contributed by atoms with Crippen molar-refractivity contribution in [3.8, 4) is 0 Å². The Balaban J connectivity index is 1.64. The van der Waals surface area contributed by atoms with E-state index in [1.54, 1.807) is 24.3 Å². The maximum absolute atomic E-state index is 12.9. The van der Waals surface area contributed by atoms with Crippen molar-refractivity contribution in [3.63, 3.8) is 0 Å². The van der Waals surface area contributed by atoms with Crippen molar-refractivity contribution < 1.29 is 19.2 Å². The molecule has 0 bridgehead atoms. The zero-order valence-electron chi connectivity index (χ0n) is 27.5. The van der Waals surface area contributed by atoms with Crippen molar-refractivity contribution in [3.05, 3.63) is 59.7 Å². The molecule has 44 heavy (non-hydrogen) atoms. The van der Waals surface area contributed by atoms with Crippen LogP contribution < -0.4 is 10.6 Å². The van der Waals surface area contributed by atoms with Gasteiger partial charge < -0.3 is 20.4 Å². The van der Waals surface area contributed by atoms with Gasteiger partial charge in [0, 0.05) is 61.5 Å². The minimum Gasteiger partial charge on any atom is -0.339 e. The summed E-state index contributed by atoms with van der Waals surface area (Å²) in [6.45, 7) is 11.2. The Hall–Kier alpha value is -3.68. The monoisotopic (exact) mass is 606 g/mol. The van der Waals surface area contributed by atoms with Gasteiger partial charge in [0.05, 0.1) is 0 Å². The SMILES string of the molecule is CCCN(CCC)C(=O)c1cccc(NC(=O)CCCCCCCCC(=O)Nc2cccc(C(=O)N(CCC)CCC)c2)c1. The van der Waals surface area contributed by atoms with E-state index in [1.807, 2.05) is 34.1 Å². The lowest BCUT2D eigenvalue weighted by atomic mass is 10.1. The van der Waals surface area contributed by atoms with E-state index in [9.17, 15) is 19.2 Å². The number of rotatable bonds is 21. The molecule has 0 aliphatic heterocycles. The van der Waals surface area contributed by atoms with Gasteiger partial charge in [-0.25, -0.2) is 0 Å². The van der Waals surface area contributed by atoms with Gasteiger partial charge in [-0.15, -0.1) is 0 Å². The Kier molecular flexibility index (Phi) is 17.5. The number of nitrogens with one attached hydrogen (secondary N) is 2. The van der Waals surface area contributed by atoms with E-state index >= 15 is 0 Å². The highest BCUT2D eigenvalue weighted by atomic mass is 16.2. The number of hydrogen-bond acceptors (Lipinski definition) is 4. The first kappa shape index (κ1) is 36.5. The number of anilines is 2. The molecule has 2 rings (SSSR count). The van der Waals surface area contributed by atoms with Crippen LogP contribution in [-0.2, 0) is 9.59 Å². The molecule has 0 aliphatic carbocycles. The van der Waals surface area contributed by atoms with E-state index in [-0.39, 0.29) is 23.6 Å². The Morgan fingerprint density at radius 1 is 0.523 bits per heavy atom. The first-order valence-corrected chi connectivity index (χ1v) is 16.7. The molecule has 0 saturated heterocycles. The van der Waals surface area contributed by atoms with Crippen LogP contribution in [-0.4, -0.2) is 59.6 Å². The summed E-state index contributed by atoms with van der Waals surface area (Å²) in [5, 5.41) is 5.87. The third-order valence-electron chi connectivity index (χ3n) is 7.39. The van der Waals surface area contributed by atoms with Crippen LogP contribution in [0.5, 0.6) is 0 Å². The number of carbonyl (C=O) groups is 4. The minimum absolute atomic E-state index is 0.00430. The second-order valence-corrected chi connectivity index (χ2v) is 11.5. The van der Waals surface area contributed by atoms with Crippen LogP contribution in [0, 0.1) is 0 Å². The highest BCUT2D eigenvalue weighted by Gasteiger charge is 2.16. The van der Waals surface area contributed by atoms with E-state index in [4.69, 9.17) is 0 Å². The summed E-state index contributed by atoms with van der Waals surface area (Å²) < 4.78 is 0. The second-order valence-electron chi connectivity index (χ2n) is 11.5. The summed E-state index contributed by atoms with van der Waals surface area (Å²) in [5.41, 5.74) is 2.51. The fourth-order valence-corrected chi connectivity index (χ4v) is 5.26. The molecule has 0 atom stereocenters. The van der Waals surface area contributed by atoms with Crippen LogP contribution in [0.3, 0.4) is 0 Å². The first-order valence-electron chi connectivity index (χ1n) is 16.7. The molecule has 0 radical (unpaired) electrons. The number of hydrogen-bond donors (Lipinski definition) is 2. The molecule has 4 amide bonds. The number of nitrogens with zero attached hydrogens (tertiary/aromatic N) is 2. The van der Waals surface area contributed by atoms with Gasteiger partial charge in [0.1, 0.15) is 0 Å². The normalized spacial score (nSPS) is 10.7. The molecule has 8 nitrogen and oxygen atoms in total. The highest BCUT2D eigenvalue weighted by molar-refractivity contribution is 5.98. The van der Waals surface area contributed by atoms with Crippen molar-refractivity contribution >= 4 is 35.0 Å². The van der Waals surface area contributed by atoms with Gasteiger partial charge in [0.25, 0.3) is 11.8 Å². The molecular formula is C36H54N4O4. The minimum atomic E-state index is -0.0422. The molecule has 0 unspecified atom stereocenters. The summed E-state index contributed by atoms with van der Waals surface area (Å²) in [5.74, 6) is -0.0758. The third-order valence-corrected chi connectivity index (χ3v) is 7.39. The summed E-state index contributed by atoms with van der Waals surface area (Å²) in [7, 11) is 0. The van der Waals surface area contributed by atoms with E-state index < -0.39 is 0 Å². The molecule has 0 heterocycles. The molecule has 0 aliphatic rings. The fourth-order valence-electron chi connectivity index (χ4n) is 5.26. The van der Waals surface area contributed by atoms with Gasteiger partial charge in [-0.05, 0) is 74.9 Å². The first-order chi connectivity index (χ1) is 21.3. The third kappa shape index (κ3) is 13.3. The largest absolute Gasteiger partial charge is 0.339 e. The quantitative estimate of drug-likeness (QED) is 0.141. The van der Waals surface area contributed by atoms with Crippen molar-refractivity contribution in [2.24, 2.45) is 0 Å². The van der Waals surface area contributed by atoms with Crippen LogP contribution in [0.1, 0.15) is 125 Å². The number of amides is 4. The highest BCUT2D eigenvalue weighted by Crippen LogP contribution is 2.17. The Bertz CT molecular complexity index is 1080. The maximum atomic E-state index is 12.9. The number of unbranched alkanes of at least 4 members (excludes halogenated alkanes) is 5. The molecule has 0 spiro atoms. The summed E-state index contributed by atoms with van der Waals surface area (Å²) in [6.07, 6.45) is 10.1. The summed E-state index contributed by atoms with van der Waals surface area (Å²) >= 11 is 0. The van der Waals surface area contributed by atoms with Crippen molar-refractivity contribution in [1.82, 2.24) is 9.80 Å². The van der Waals surface area contributed by atoms with Crippen LogP contribution in [0.25, 0.3) is 0 Å². The zero-order valence-corrected chi connectivity index (χ0v) is 27.5. The molecular weight excluding hydrogens is 552 g/mol. The Morgan fingerprint density at radius 2 is 0.864 bits per heavy atom. The number of benzene rings is 2. The molecule has 8 heteroatoms. The zero-order chi connectivity index (χ0) is 32.2. The lowest BCUT2D eigenvalue weighted by molar-refractivity contribution is -0.117. The summed E-state index contributed by atoms with van der Waals surface area (Å²) in [6, 6.07) is 14.4. The Morgan fingerprint density at radius 3 is 1.20 bits per heavy atom. The van der Waals surface area contributed by atoms with Gasteiger partial charge in [-0.1, -0.05) is 65.5 Å². The van der Waals surface area contributed by atoms with Gasteiger partial charge in [0.2, 0.25) is 11.8 Å². The van der Waals surface area contributed by atoms with Gasteiger partial charge in [-0.3, -0.25) is 19.2 Å². The molecule has 2 N–H and O–H groups in total. The summed E-state index contributed by atoms with van der Waals surface area (Å²) in [4.78, 5) is 54.4. The van der Waals surface area contributed by atoms with Crippen molar-refractivity contribution in [2.75, 3.05) is 36.8 Å². The average Bonchev–Trinajstić information content (AvgIpc) is 3.01. The van der Waals surface area contributed by atoms with Gasteiger partial charge in [0.15, 0.2) is 0 Å². The molecule has 2 aromatic rings. The lowest BCUT2D eigenvalue weighted by Gasteiger charge is -2.21. The maximum Gasteiger partial charge on any atom is 0.253 e. The number of carbonyl (C=O) groups excluding carboxylic acids is 4. The molecule has 242 valence electrons. The van der Waals surface area contributed by atoms with Gasteiger partial charge >= 0.3 is 0 Å². The topological polar surface area (TPSA) is 98.8 Å². The van der Waals surface area contributed by atoms with Crippen LogP contribution in [0.15, 0.2) is 48.5 Å². The molecule has 2 aromatic carbocycles. The predicted molar refractivity (Wildman–Crippen MR) is 180 cm³/mol. The predicted octanol–water partition coefficient (Wildman–Crippen LogP) is 7.91. The van der Waals surface area contributed by atoms with E-state index in [0.29, 0.717) is 35.3 Å². The second kappa shape index (κ2) is 21.1. The van der Waals surface area contributed by atoms with Crippen LogP contribution in [0.2, 0.25) is 0 Å². The smallest absolute Gasteiger partial charge is 0.253 e. The van der Waals surface area contributed by atoms with Crippen LogP contribution >= 0.6 is 0 Å². The molecule has 0 saturated carbocycles. The fraction of sp³-hybridized carbons (Fsp3) is 0.556. The standard InChI is InChI=1S/C36H54N4O4/c1-5-23-39(24-6-2)35(43)29-17-15-19-31(27-29)37-33(41)21-13-11-9-10-12-14-22-34(42)38-32-20-16-18-30(28-32)36(44)40(25-7-3)26-8-4/h15-20,27-28H,5-14,21-26H2,1-4H3,(H,37,41)(H,38,42). The van der Waals surface area contributed by atoms with E-state index in [1.165, 1.54) is 0 Å². The van der Waals surface area contributed by atoms with E-state index in [2.05, 4.69) is 38.3 Å². The van der Waals surface area contributed by atoms with Crippen molar-refractivity contribution in [2.45, 2.75) is 105 Å². The Labute approximate surface area is 265 Å². The molecule has 0 aromatic heterocycles. The molecule has 0 fully saturated rings. The van der Waals surface area contributed by atoms with Crippen LogP contribution in [0.4, 0.5) is 11.4 Å². The lowest BCUT2D eigenvalue weighted by Crippen LogP contribution is -2.32.